The topological polar surface area (TPSA) is 45.4 Å². The minimum absolute atomic E-state index is 0.0330. The highest BCUT2D eigenvalue weighted by Gasteiger charge is 2.29. The van der Waals surface area contributed by atoms with Crippen molar-refractivity contribution in [3.63, 3.8) is 0 Å². The number of likely N-dealkylation sites (N-methyl/N-ethyl adjacent to an activating group) is 1. The number of anilines is 2. The zero-order chi connectivity index (χ0) is 14.8. The van der Waals surface area contributed by atoms with E-state index in [1.165, 1.54) is 16.9 Å². The predicted octanol–water partition coefficient (Wildman–Crippen LogP) is 2.43. The summed E-state index contributed by atoms with van der Waals surface area (Å²) in [7, 11) is 2.14. The zero-order valence-electron chi connectivity index (χ0n) is 12.6. The summed E-state index contributed by atoms with van der Waals surface area (Å²) in [6.07, 6.45) is 3.73. The van der Waals surface area contributed by atoms with Gasteiger partial charge in [0.2, 0.25) is 0 Å². The van der Waals surface area contributed by atoms with Crippen molar-refractivity contribution in [3.05, 3.63) is 54.4 Å². The van der Waals surface area contributed by atoms with Crippen LogP contribution in [0.25, 0.3) is 0 Å². The van der Waals surface area contributed by atoms with Gasteiger partial charge in [-0.05, 0) is 30.7 Å². The van der Waals surface area contributed by atoms with Gasteiger partial charge in [-0.1, -0.05) is 18.2 Å². The van der Waals surface area contributed by atoms with Crippen molar-refractivity contribution in [1.29, 1.82) is 0 Å². The highest BCUT2D eigenvalue weighted by atomic mass is 15.3. The van der Waals surface area contributed by atoms with Crippen molar-refractivity contribution in [1.82, 2.24) is 4.98 Å². The average molecular weight is 282 g/mol. The first-order chi connectivity index (χ1) is 10.2. The third-order valence-corrected chi connectivity index (χ3v) is 4.14. The zero-order valence-corrected chi connectivity index (χ0v) is 12.6. The van der Waals surface area contributed by atoms with E-state index < -0.39 is 0 Å². The molecule has 0 radical (unpaired) electrons. The molecule has 1 aliphatic rings. The van der Waals surface area contributed by atoms with Crippen LogP contribution in [0.4, 0.5) is 11.4 Å². The third-order valence-electron chi connectivity index (χ3n) is 4.14. The van der Waals surface area contributed by atoms with Gasteiger partial charge in [0.25, 0.3) is 0 Å². The molecular weight excluding hydrogens is 260 g/mol. The normalized spacial score (nSPS) is 17.3. The lowest BCUT2D eigenvalue weighted by atomic mass is 9.98. The quantitative estimate of drug-likeness (QED) is 0.939. The highest BCUT2D eigenvalue weighted by molar-refractivity contribution is 5.73. The van der Waals surface area contributed by atoms with Gasteiger partial charge in [-0.3, -0.25) is 4.98 Å². The molecule has 2 unspecified atom stereocenters. The van der Waals surface area contributed by atoms with E-state index in [4.69, 9.17) is 5.73 Å². The lowest BCUT2D eigenvalue weighted by molar-refractivity contribution is 0.521. The molecule has 3 rings (SSSR count). The van der Waals surface area contributed by atoms with Crippen LogP contribution in [0.3, 0.4) is 0 Å². The number of nitrogens with two attached hydrogens (primary N) is 1. The fraction of sp³-hybridized carbons (Fsp3) is 0.353. The standard InChI is InChI=1S/C17H22N4/c1-13(18)17(14-6-5-9-19-12-14)21-11-10-20(2)15-7-3-4-8-16(15)21/h3-9,12-13,17H,10-11,18H2,1-2H3. The highest BCUT2D eigenvalue weighted by Crippen LogP contribution is 2.37. The summed E-state index contributed by atoms with van der Waals surface area (Å²) in [5, 5.41) is 0. The molecule has 0 spiro atoms. The molecule has 0 aliphatic carbocycles. The second kappa shape index (κ2) is 5.74. The number of nitrogens with zero attached hydrogens (tertiary/aromatic N) is 3. The van der Waals surface area contributed by atoms with E-state index in [0.29, 0.717) is 0 Å². The van der Waals surface area contributed by atoms with Gasteiger partial charge in [0.05, 0.1) is 17.4 Å². The summed E-state index contributed by atoms with van der Waals surface area (Å²) in [6.45, 7) is 4.04. The molecule has 1 aliphatic heterocycles. The van der Waals surface area contributed by atoms with Crippen LogP contribution in [-0.4, -0.2) is 31.2 Å². The second-order valence-corrected chi connectivity index (χ2v) is 5.69. The van der Waals surface area contributed by atoms with Gasteiger partial charge in [0, 0.05) is 38.6 Å². The maximum absolute atomic E-state index is 6.31. The molecule has 2 N–H and O–H groups in total. The van der Waals surface area contributed by atoms with Crippen LogP contribution in [0.1, 0.15) is 18.5 Å². The van der Waals surface area contributed by atoms with Gasteiger partial charge < -0.3 is 15.5 Å². The second-order valence-electron chi connectivity index (χ2n) is 5.69. The van der Waals surface area contributed by atoms with Crippen LogP contribution in [0.15, 0.2) is 48.8 Å². The predicted molar refractivity (Wildman–Crippen MR) is 87.7 cm³/mol. The van der Waals surface area contributed by atoms with E-state index in [2.05, 4.69) is 59.1 Å². The van der Waals surface area contributed by atoms with Crippen LogP contribution >= 0.6 is 0 Å². The molecule has 0 saturated carbocycles. The average Bonchev–Trinajstić information content (AvgIpc) is 2.51. The van der Waals surface area contributed by atoms with Gasteiger partial charge >= 0.3 is 0 Å². The van der Waals surface area contributed by atoms with Crippen LogP contribution in [-0.2, 0) is 0 Å². The van der Waals surface area contributed by atoms with Crippen LogP contribution in [0.5, 0.6) is 0 Å². The summed E-state index contributed by atoms with van der Waals surface area (Å²) >= 11 is 0. The molecule has 4 nitrogen and oxygen atoms in total. The molecular formula is C17H22N4. The molecule has 0 amide bonds. The Morgan fingerprint density at radius 1 is 1.10 bits per heavy atom. The molecule has 110 valence electrons. The van der Waals surface area contributed by atoms with Gasteiger partial charge in [-0.15, -0.1) is 0 Å². The minimum atomic E-state index is 0.0330. The number of hydrogen-bond donors (Lipinski definition) is 1. The summed E-state index contributed by atoms with van der Waals surface area (Å²) in [4.78, 5) is 8.97. The Kier molecular flexibility index (Phi) is 3.80. The van der Waals surface area contributed by atoms with E-state index in [9.17, 15) is 0 Å². The fourth-order valence-corrected chi connectivity index (χ4v) is 3.14. The van der Waals surface area contributed by atoms with Gasteiger partial charge in [-0.2, -0.15) is 0 Å². The number of benzene rings is 1. The molecule has 2 atom stereocenters. The van der Waals surface area contributed by atoms with Gasteiger partial charge in [-0.25, -0.2) is 0 Å². The first kappa shape index (κ1) is 13.9. The van der Waals surface area contributed by atoms with Crippen molar-refractivity contribution in [2.75, 3.05) is 29.9 Å². The molecule has 2 heterocycles. The van der Waals surface area contributed by atoms with Gasteiger partial charge in [0.1, 0.15) is 0 Å². The molecule has 0 fully saturated rings. The number of aromatic nitrogens is 1. The maximum atomic E-state index is 6.31. The van der Waals surface area contributed by atoms with Crippen LogP contribution in [0, 0.1) is 0 Å². The largest absolute Gasteiger partial charge is 0.371 e. The fourth-order valence-electron chi connectivity index (χ4n) is 3.14. The molecule has 4 heteroatoms. The minimum Gasteiger partial charge on any atom is -0.371 e. The van der Waals surface area contributed by atoms with Crippen molar-refractivity contribution >= 4 is 11.4 Å². The number of hydrogen-bond acceptors (Lipinski definition) is 4. The summed E-state index contributed by atoms with van der Waals surface area (Å²) in [5.74, 6) is 0. The Morgan fingerprint density at radius 2 is 1.86 bits per heavy atom. The maximum Gasteiger partial charge on any atom is 0.0707 e. The van der Waals surface area contributed by atoms with E-state index in [0.717, 1.165) is 13.1 Å². The Bertz CT molecular complexity index is 597. The molecule has 2 aromatic rings. The monoisotopic (exact) mass is 282 g/mol. The van der Waals surface area contributed by atoms with Crippen molar-refractivity contribution < 1.29 is 0 Å². The Hall–Kier alpha value is -2.07. The Labute approximate surface area is 126 Å². The Morgan fingerprint density at radius 3 is 2.52 bits per heavy atom. The third kappa shape index (κ3) is 2.59. The number of pyridine rings is 1. The molecule has 0 bridgehead atoms. The molecule has 21 heavy (non-hydrogen) atoms. The first-order valence-corrected chi connectivity index (χ1v) is 7.41. The lowest BCUT2D eigenvalue weighted by Crippen LogP contribution is -2.46. The lowest BCUT2D eigenvalue weighted by Gasteiger charge is -2.43. The summed E-state index contributed by atoms with van der Waals surface area (Å²) in [6, 6.07) is 12.8. The van der Waals surface area contributed by atoms with E-state index >= 15 is 0 Å². The van der Waals surface area contributed by atoms with E-state index in [1.54, 1.807) is 6.20 Å². The first-order valence-electron chi connectivity index (χ1n) is 7.41. The molecule has 0 saturated heterocycles. The van der Waals surface area contributed by atoms with E-state index in [1.807, 2.05) is 12.3 Å². The summed E-state index contributed by atoms with van der Waals surface area (Å²) in [5.41, 5.74) is 9.99. The molecule has 1 aromatic carbocycles. The smallest absolute Gasteiger partial charge is 0.0707 e. The molecule has 1 aromatic heterocycles. The van der Waals surface area contributed by atoms with E-state index in [-0.39, 0.29) is 12.1 Å². The van der Waals surface area contributed by atoms with Crippen LogP contribution < -0.4 is 15.5 Å². The van der Waals surface area contributed by atoms with Crippen LogP contribution in [0.2, 0.25) is 0 Å². The van der Waals surface area contributed by atoms with Crippen molar-refractivity contribution in [2.45, 2.75) is 19.0 Å². The summed E-state index contributed by atoms with van der Waals surface area (Å²) < 4.78 is 0. The number of para-hydroxylation sites is 2. The Balaban J connectivity index is 2.04. The van der Waals surface area contributed by atoms with Crippen molar-refractivity contribution in [3.8, 4) is 0 Å². The van der Waals surface area contributed by atoms with Crippen molar-refractivity contribution in [2.24, 2.45) is 5.73 Å². The van der Waals surface area contributed by atoms with Gasteiger partial charge in [0.15, 0.2) is 0 Å². The SMILES string of the molecule is CC(N)C(c1cccnc1)N1CCN(C)c2ccccc21. The number of fused-ring (bicyclic) bond motifs is 1. The number of rotatable bonds is 3.